The van der Waals surface area contributed by atoms with Crippen LogP contribution in [0.2, 0.25) is 0 Å². The largest absolute Gasteiger partial charge is 0.355 e. The lowest BCUT2D eigenvalue weighted by Crippen LogP contribution is -2.47. The van der Waals surface area contributed by atoms with E-state index in [1.165, 1.54) is 4.88 Å². The molecule has 5 heteroatoms. The van der Waals surface area contributed by atoms with E-state index in [9.17, 15) is 4.79 Å². The topological polar surface area (TPSA) is 54.0 Å². The van der Waals surface area contributed by atoms with Crippen LogP contribution in [-0.4, -0.2) is 23.5 Å². The summed E-state index contributed by atoms with van der Waals surface area (Å²) in [6.45, 7) is 1.56. The Kier molecular flexibility index (Phi) is 3.10. The van der Waals surface area contributed by atoms with Crippen molar-refractivity contribution < 1.29 is 4.79 Å². The molecule has 1 aromatic rings. The molecule has 1 unspecified atom stereocenters. The molecule has 1 saturated heterocycles. The molecule has 2 heterocycles. The number of nitrogens with zero attached hydrogens (tertiary/aromatic N) is 1. The summed E-state index contributed by atoms with van der Waals surface area (Å²) < 4.78 is 0. The van der Waals surface area contributed by atoms with Gasteiger partial charge in [0.15, 0.2) is 0 Å². The van der Waals surface area contributed by atoms with Crippen LogP contribution in [0, 0.1) is 0 Å². The molecule has 0 spiro atoms. The zero-order valence-electron chi connectivity index (χ0n) is 7.82. The minimum Gasteiger partial charge on any atom is -0.355 e. The third-order valence-electron chi connectivity index (χ3n) is 2.29. The first-order valence-corrected chi connectivity index (χ1v) is 5.62. The SMILES string of the molecule is O=C1NCCCC1NCc1cncs1. The molecular formula is C9H13N3OS. The number of piperidine rings is 1. The second-order valence-corrected chi connectivity index (χ2v) is 4.31. The van der Waals surface area contributed by atoms with Gasteiger partial charge in [0.25, 0.3) is 0 Å². The van der Waals surface area contributed by atoms with E-state index < -0.39 is 0 Å². The molecule has 14 heavy (non-hydrogen) atoms. The first-order valence-electron chi connectivity index (χ1n) is 4.75. The van der Waals surface area contributed by atoms with Crippen molar-refractivity contribution in [2.24, 2.45) is 0 Å². The summed E-state index contributed by atoms with van der Waals surface area (Å²) in [6.07, 6.45) is 3.83. The van der Waals surface area contributed by atoms with E-state index in [1.54, 1.807) is 16.8 Å². The van der Waals surface area contributed by atoms with E-state index in [1.807, 2.05) is 6.20 Å². The second kappa shape index (κ2) is 4.52. The molecule has 1 atom stereocenters. The molecule has 1 aliphatic heterocycles. The van der Waals surface area contributed by atoms with Crippen molar-refractivity contribution in [2.45, 2.75) is 25.4 Å². The standard InChI is InChI=1S/C9H13N3OS/c13-9-8(2-1-3-11-9)12-5-7-4-10-6-14-7/h4,6,8,12H,1-3,5H2,(H,11,13). The molecular weight excluding hydrogens is 198 g/mol. The summed E-state index contributed by atoms with van der Waals surface area (Å²) in [4.78, 5) is 16.5. The highest BCUT2D eigenvalue weighted by molar-refractivity contribution is 7.09. The fraction of sp³-hybridized carbons (Fsp3) is 0.556. The molecule has 1 amide bonds. The molecule has 0 aliphatic carbocycles. The fourth-order valence-corrected chi connectivity index (χ4v) is 2.07. The Labute approximate surface area is 86.7 Å². The fourth-order valence-electron chi connectivity index (χ4n) is 1.52. The highest BCUT2D eigenvalue weighted by atomic mass is 32.1. The Balaban J connectivity index is 1.82. The number of hydrogen-bond acceptors (Lipinski definition) is 4. The van der Waals surface area contributed by atoms with E-state index in [-0.39, 0.29) is 11.9 Å². The van der Waals surface area contributed by atoms with Gasteiger partial charge in [-0.25, -0.2) is 0 Å². The van der Waals surface area contributed by atoms with Crippen molar-refractivity contribution in [1.29, 1.82) is 0 Å². The second-order valence-electron chi connectivity index (χ2n) is 3.33. The van der Waals surface area contributed by atoms with Crippen molar-refractivity contribution in [2.75, 3.05) is 6.54 Å². The van der Waals surface area contributed by atoms with Gasteiger partial charge in [0, 0.05) is 24.2 Å². The van der Waals surface area contributed by atoms with Gasteiger partial charge in [-0.3, -0.25) is 9.78 Å². The average Bonchev–Trinajstić information content (AvgIpc) is 2.69. The zero-order valence-corrected chi connectivity index (χ0v) is 8.64. The predicted octanol–water partition coefficient (Wildman–Crippen LogP) is 0.511. The van der Waals surface area contributed by atoms with Crippen molar-refractivity contribution in [3.63, 3.8) is 0 Å². The van der Waals surface area contributed by atoms with E-state index in [2.05, 4.69) is 15.6 Å². The van der Waals surface area contributed by atoms with Crippen LogP contribution in [-0.2, 0) is 11.3 Å². The molecule has 2 rings (SSSR count). The third-order valence-corrected chi connectivity index (χ3v) is 3.07. The third kappa shape index (κ3) is 2.30. The Morgan fingerprint density at radius 1 is 1.71 bits per heavy atom. The Hall–Kier alpha value is -0.940. The van der Waals surface area contributed by atoms with Gasteiger partial charge in [-0.2, -0.15) is 0 Å². The number of hydrogen-bond donors (Lipinski definition) is 2. The average molecular weight is 211 g/mol. The summed E-state index contributed by atoms with van der Waals surface area (Å²) >= 11 is 1.61. The monoisotopic (exact) mass is 211 g/mol. The van der Waals surface area contributed by atoms with Crippen LogP contribution in [0.15, 0.2) is 11.7 Å². The molecule has 0 aromatic carbocycles. The maximum atomic E-state index is 11.4. The van der Waals surface area contributed by atoms with Crippen LogP contribution in [0.4, 0.5) is 0 Å². The molecule has 76 valence electrons. The van der Waals surface area contributed by atoms with Gasteiger partial charge in [-0.15, -0.1) is 11.3 Å². The molecule has 0 saturated carbocycles. The van der Waals surface area contributed by atoms with Gasteiger partial charge < -0.3 is 10.6 Å². The van der Waals surface area contributed by atoms with Crippen LogP contribution < -0.4 is 10.6 Å². The maximum Gasteiger partial charge on any atom is 0.237 e. The van der Waals surface area contributed by atoms with Crippen LogP contribution in [0.25, 0.3) is 0 Å². The van der Waals surface area contributed by atoms with E-state index in [0.717, 1.165) is 25.9 Å². The van der Waals surface area contributed by atoms with Gasteiger partial charge in [0.2, 0.25) is 5.91 Å². The van der Waals surface area contributed by atoms with Crippen molar-refractivity contribution in [3.8, 4) is 0 Å². The first-order chi connectivity index (χ1) is 6.86. The number of carbonyl (C=O) groups excluding carboxylic acids is 1. The summed E-state index contributed by atoms with van der Waals surface area (Å²) in [5.74, 6) is 0.126. The van der Waals surface area contributed by atoms with Gasteiger partial charge in [-0.05, 0) is 12.8 Å². The summed E-state index contributed by atoms with van der Waals surface area (Å²) in [7, 11) is 0. The van der Waals surface area contributed by atoms with Crippen LogP contribution in [0.1, 0.15) is 17.7 Å². The number of rotatable bonds is 3. The van der Waals surface area contributed by atoms with E-state index >= 15 is 0 Å². The zero-order chi connectivity index (χ0) is 9.80. The van der Waals surface area contributed by atoms with Crippen molar-refractivity contribution >= 4 is 17.2 Å². The minimum absolute atomic E-state index is 0.0224. The number of nitrogens with one attached hydrogen (secondary N) is 2. The molecule has 0 radical (unpaired) electrons. The van der Waals surface area contributed by atoms with E-state index in [0.29, 0.717) is 0 Å². The number of thiazole rings is 1. The van der Waals surface area contributed by atoms with Gasteiger partial charge in [0.1, 0.15) is 0 Å². The Morgan fingerprint density at radius 3 is 3.36 bits per heavy atom. The van der Waals surface area contributed by atoms with Crippen LogP contribution >= 0.6 is 11.3 Å². The minimum atomic E-state index is -0.0224. The highest BCUT2D eigenvalue weighted by Crippen LogP contribution is 2.07. The van der Waals surface area contributed by atoms with Gasteiger partial charge >= 0.3 is 0 Å². The summed E-state index contributed by atoms with van der Waals surface area (Å²) in [6, 6.07) is -0.0224. The molecule has 1 fully saturated rings. The predicted molar refractivity (Wildman–Crippen MR) is 55.0 cm³/mol. The maximum absolute atomic E-state index is 11.4. The van der Waals surface area contributed by atoms with Crippen molar-refractivity contribution in [3.05, 3.63) is 16.6 Å². The molecule has 4 nitrogen and oxygen atoms in total. The first kappa shape index (κ1) is 9.61. The van der Waals surface area contributed by atoms with E-state index in [4.69, 9.17) is 0 Å². The quantitative estimate of drug-likeness (QED) is 0.766. The number of amides is 1. The van der Waals surface area contributed by atoms with Crippen LogP contribution in [0.3, 0.4) is 0 Å². The van der Waals surface area contributed by atoms with Crippen LogP contribution in [0.5, 0.6) is 0 Å². The normalized spacial score (nSPS) is 22.0. The Morgan fingerprint density at radius 2 is 2.64 bits per heavy atom. The molecule has 1 aliphatic rings. The number of aromatic nitrogens is 1. The highest BCUT2D eigenvalue weighted by Gasteiger charge is 2.20. The summed E-state index contributed by atoms with van der Waals surface area (Å²) in [5.41, 5.74) is 1.80. The Bertz CT molecular complexity index is 299. The molecule has 0 bridgehead atoms. The van der Waals surface area contributed by atoms with Gasteiger partial charge in [0.05, 0.1) is 11.6 Å². The lowest BCUT2D eigenvalue weighted by atomic mass is 10.1. The lowest BCUT2D eigenvalue weighted by Gasteiger charge is -2.22. The smallest absolute Gasteiger partial charge is 0.237 e. The lowest BCUT2D eigenvalue weighted by molar-refractivity contribution is -0.124. The number of carbonyl (C=O) groups is 1. The van der Waals surface area contributed by atoms with Crippen molar-refractivity contribution in [1.82, 2.24) is 15.6 Å². The molecule has 1 aromatic heterocycles. The molecule has 2 N–H and O–H groups in total. The van der Waals surface area contributed by atoms with Gasteiger partial charge in [-0.1, -0.05) is 0 Å². The summed E-state index contributed by atoms with van der Waals surface area (Å²) in [5, 5.41) is 6.08.